The van der Waals surface area contributed by atoms with Gasteiger partial charge in [0.15, 0.2) is 0 Å². The Labute approximate surface area is 109 Å². The van der Waals surface area contributed by atoms with Crippen molar-refractivity contribution >= 4 is 5.69 Å². The number of anilines is 1. The van der Waals surface area contributed by atoms with Crippen LogP contribution in [0.5, 0.6) is 0 Å². The Balaban J connectivity index is 1.65. The van der Waals surface area contributed by atoms with Crippen molar-refractivity contribution in [2.45, 2.75) is 51.5 Å². The Morgan fingerprint density at radius 1 is 1.11 bits per heavy atom. The summed E-state index contributed by atoms with van der Waals surface area (Å²) in [7, 11) is 0. The van der Waals surface area contributed by atoms with Crippen molar-refractivity contribution in [3.8, 4) is 0 Å². The molecule has 2 atom stereocenters. The molecule has 2 heteroatoms. The van der Waals surface area contributed by atoms with Gasteiger partial charge in [0, 0.05) is 6.04 Å². The van der Waals surface area contributed by atoms with Crippen LogP contribution in [0.3, 0.4) is 0 Å². The lowest BCUT2D eigenvalue weighted by Crippen LogP contribution is -2.28. The second kappa shape index (κ2) is 4.91. The van der Waals surface area contributed by atoms with Gasteiger partial charge in [0.2, 0.25) is 0 Å². The minimum absolute atomic E-state index is 0.117. The van der Waals surface area contributed by atoms with Crippen LogP contribution in [0, 0.1) is 24.6 Å². The first-order valence-electron chi connectivity index (χ1n) is 7.25. The first-order valence-corrected chi connectivity index (χ1v) is 7.25. The monoisotopic (exact) mass is 247 g/mol. The average Bonchev–Trinajstić information content (AvgIpc) is 3.18. The van der Waals surface area contributed by atoms with E-state index in [0.717, 1.165) is 17.4 Å². The van der Waals surface area contributed by atoms with E-state index in [0.29, 0.717) is 11.7 Å². The van der Waals surface area contributed by atoms with Crippen molar-refractivity contribution < 1.29 is 4.39 Å². The number of rotatable bonds is 3. The van der Waals surface area contributed by atoms with Crippen LogP contribution in [0.25, 0.3) is 0 Å². The van der Waals surface area contributed by atoms with E-state index in [4.69, 9.17) is 0 Å². The predicted octanol–water partition coefficient (Wildman–Crippen LogP) is 4.51. The first-order chi connectivity index (χ1) is 8.72. The molecular weight excluding hydrogens is 225 g/mol. The smallest absolute Gasteiger partial charge is 0.146 e. The first kappa shape index (κ1) is 12.0. The maximum atomic E-state index is 13.7. The van der Waals surface area contributed by atoms with Gasteiger partial charge in [-0.3, -0.25) is 0 Å². The van der Waals surface area contributed by atoms with Gasteiger partial charge in [0.05, 0.1) is 5.69 Å². The van der Waals surface area contributed by atoms with Crippen LogP contribution in [-0.2, 0) is 0 Å². The van der Waals surface area contributed by atoms with E-state index in [1.807, 2.05) is 19.1 Å². The minimum atomic E-state index is -0.117. The van der Waals surface area contributed by atoms with Gasteiger partial charge >= 0.3 is 0 Å². The van der Waals surface area contributed by atoms with Crippen molar-refractivity contribution in [2.24, 2.45) is 11.8 Å². The second-order valence-corrected chi connectivity index (χ2v) is 6.09. The summed E-state index contributed by atoms with van der Waals surface area (Å²) in [6.07, 6.45) is 7.96. The van der Waals surface area contributed by atoms with Gasteiger partial charge in [-0.1, -0.05) is 18.9 Å². The van der Waals surface area contributed by atoms with Crippen molar-refractivity contribution in [1.29, 1.82) is 0 Å². The molecule has 2 fully saturated rings. The lowest BCUT2D eigenvalue weighted by molar-refractivity contribution is 0.302. The molecule has 2 saturated carbocycles. The van der Waals surface area contributed by atoms with Crippen molar-refractivity contribution in [2.75, 3.05) is 5.32 Å². The maximum Gasteiger partial charge on any atom is 0.146 e. The van der Waals surface area contributed by atoms with Crippen LogP contribution >= 0.6 is 0 Å². The van der Waals surface area contributed by atoms with Gasteiger partial charge in [-0.25, -0.2) is 4.39 Å². The molecule has 1 N–H and O–H groups in total. The third kappa shape index (κ3) is 2.68. The normalized spacial score (nSPS) is 28.1. The van der Waals surface area contributed by atoms with E-state index in [-0.39, 0.29) is 5.82 Å². The van der Waals surface area contributed by atoms with E-state index in [2.05, 4.69) is 5.32 Å². The van der Waals surface area contributed by atoms with Crippen LogP contribution < -0.4 is 5.32 Å². The summed E-state index contributed by atoms with van der Waals surface area (Å²) < 4.78 is 13.7. The Morgan fingerprint density at radius 3 is 2.72 bits per heavy atom. The predicted molar refractivity (Wildman–Crippen MR) is 73.2 cm³/mol. The summed E-state index contributed by atoms with van der Waals surface area (Å²) in [5.41, 5.74) is 1.81. The SMILES string of the molecule is Cc1ccc(F)c(NC2CCCC(C3CC3)C2)c1. The van der Waals surface area contributed by atoms with E-state index < -0.39 is 0 Å². The molecule has 1 aromatic carbocycles. The summed E-state index contributed by atoms with van der Waals surface area (Å²) in [4.78, 5) is 0. The van der Waals surface area contributed by atoms with Gasteiger partial charge in [-0.2, -0.15) is 0 Å². The zero-order valence-electron chi connectivity index (χ0n) is 11.1. The standard InChI is InChI=1S/C16H22FN/c1-11-5-8-15(17)16(9-11)18-14-4-2-3-13(10-14)12-6-7-12/h5,8-9,12-14,18H,2-4,6-7,10H2,1H3. The highest BCUT2D eigenvalue weighted by atomic mass is 19.1. The molecule has 18 heavy (non-hydrogen) atoms. The number of benzene rings is 1. The molecular formula is C16H22FN. The zero-order chi connectivity index (χ0) is 12.5. The maximum absolute atomic E-state index is 13.7. The molecule has 0 saturated heterocycles. The van der Waals surface area contributed by atoms with E-state index in [1.165, 1.54) is 38.5 Å². The molecule has 2 unspecified atom stereocenters. The molecule has 3 rings (SSSR count). The fourth-order valence-electron chi connectivity index (χ4n) is 3.32. The highest BCUT2D eigenvalue weighted by Gasteiger charge is 2.34. The summed E-state index contributed by atoms with van der Waals surface area (Å²) in [5.74, 6) is 1.76. The van der Waals surface area contributed by atoms with Crippen LogP contribution in [0.1, 0.15) is 44.1 Å². The quantitative estimate of drug-likeness (QED) is 0.828. The molecule has 0 amide bonds. The van der Waals surface area contributed by atoms with Crippen molar-refractivity contribution in [3.05, 3.63) is 29.6 Å². The van der Waals surface area contributed by atoms with Gasteiger partial charge in [-0.15, -0.1) is 0 Å². The molecule has 2 aliphatic carbocycles. The Bertz CT molecular complexity index is 425. The summed E-state index contributed by atoms with van der Waals surface area (Å²) in [6.45, 7) is 2.01. The molecule has 2 aliphatic rings. The number of aryl methyl sites for hydroxylation is 1. The van der Waals surface area contributed by atoms with Crippen LogP contribution in [0.15, 0.2) is 18.2 Å². The minimum Gasteiger partial charge on any atom is -0.380 e. The average molecular weight is 247 g/mol. The summed E-state index contributed by atoms with van der Waals surface area (Å²) in [6, 6.07) is 5.80. The molecule has 0 bridgehead atoms. The summed E-state index contributed by atoms with van der Waals surface area (Å²) in [5, 5.41) is 3.43. The third-order valence-corrected chi connectivity index (χ3v) is 4.48. The second-order valence-electron chi connectivity index (χ2n) is 6.09. The molecule has 1 nitrogen and oxygen atoms in total. The van der Waals surface area contributed by atoms with Gasteiger partial charge < -0.3 is 5.32 Å². The van der Waals surface area contributed by atoms with Gasteiger partial charge in [0.25, 0.3) is 0 Å². The lowest BCUT2D eigenvalue weighted by atomic mass is 9.82. The molecule has 0 aromatic heterocycles. The lowest BCUT2D eigenvalue weighted by Gasteiger charge is -2.30. The Morgan fingerprint density at radius 2 is 1.94 bits per heavy atom. The van der Waals surface area contributed by atoms with Crippen molar-refractivity contribution in [3.63, 3.8) is 0 Å². The largest absolute Gasteiger partial charge is 0.380 e. The van der Waals surface area contributed by atoms with E-state index in [9.17, 15) is 4.39 Å². The van der Waals surface area contributed by atoms with Gasteiger partial charge in [0.1, 0.15) is 5.82 Å². The van der Waals surface area contributed by atoms with Crippen molar-refractivity contribution in [1.82, 2.24) is 0 Å². The van der Waals surface area contributed by atoms with Crippen LogP contribution in [0.4, 0.5) is 10.1 Å². The van der Waals surface area contributed by atoms with E-state index in [1.54, 1.807) is 6.07 Å². The molecule has 1 aromatic rings. The zero-order valence-corrected chi connectivity index (χ0v) is 11.1. The molecule has 98 valence electrons. The highest BCUT2D eigenvalue weighted by Crippen LogP contribution is 2.44. The Hall–Kier alpha value is -1.05. The topological polar surface area (TPSA) is 12.0 Å². The molecule has 0 radical (unpaired) electrons. The summed E-state index contributed by atoms with van der Waals surface area (Å²) >= 11 is 0. The van der Waals surface area contributed by atoms with Crippen LogP contribution in [0.2, 0.25) is 0 Å². The molecule has 0 aliphatic heterocycles. The number of nitrogens with one attached hydrogen (secondary N) is 1. The number of hydrogen-bond acceptors (Lipinski definition) is 1. The molecule has 0 heterocycles. The highest BCUT2D eigenvalue weighted by molar-refractivity contribution is 5.47. The fraction of sp³-hybridized carbons (Fsp3) is 0.625. The van der Waals surface area contributed by atoms with Gasteiger partial charge in [-0.05, 0) is 62.1 Å². The fourth-order valence-corrected chi connectivity index (χ4v) is 3.32. The van der Waals surface area contributed by atoms with E-state index >= 15 is 0 Å². The molecule has 0 spiro atoms. The number of hydrogen-bond donors (Lipinski definition) is 1. The Kier molecular flexibility index (Phi) is 3.27. The third-order valence-electron chi connectivity index (χ3n) is 4.48. The number of halogens is 1. The van der Waals surface area contributed by atoms with Crippen LogP contribution in [-0.4, -0.2) is 6.04 Å².